The molecule has 2 rings (SSSR count). The number of hydrogen-bond acceptors (Lipinski definition) is 5. The third kappa shape index (κ3) is 3.47. The lowest BCUT2D eigenvalue weighted by atomic mass is 10.1. The number of anilines is 1. The van der Waals surface area contributed by atoms with E-state index in [1.807, 2.05) is 19.9 Å². The Bertz CT molecular complexity index is 671. The van der Waals surface area contributed by atoms with Crippen LogP contribution in [0.3, 0.4) is 0 Å². The van der Waals surface area contributed by atoms with Crippen LogP contribution in [0.5, 0.6) is 11.5 Å². The highest BCUT2D eigenvalue weighted by Gasteiger charge is 2.15. The Balaban J connectivity index is 2.33. The number of ether oxygens (including phenoxy) is 1. The summed E-state index contributed by atoms with van der Waals surface area (Å²) in [7, 11) is 0. The van der Waals surface area contributed by atoms with Gasteiger partial charge < -0.3 is 10.1 Å². The maximum atomic E-state index is 11.0. The van der Waals surface area contributed by atoms with Crippen molar-refractivity contribution < 1.29 is 9.66 Å². The van der Waals surface area contributed by atoms with Crippen molar-refractivity contribution in [2.75, 3.05) is 11.9 Å². The van der Waals surface area contributed by atoms with Gasteiger partial charge in [-0.1, -0.05) is 0 Å². The first-order valence-corrected chi connectivity index (χ1v) is 6.63. The molecular formula is C15H17N3O3. The highest BCUT2D eigenvalue weighted by molar-refractivity contribution is 5.52. The number of benzene rings is 1. The van der Waals surface area contributed by atoms with E-state index in [0.29, 0.717) is 17.1 Å². The van der Waals surface area contributed by atoms with E-state index in [4.69, 9.17) is 4.74 Å². The first kappa shape index (κ1) is 14.8. The number of nitrogens with one attached hydrogen (secondary N) is 1. The summed E-state index contributed by atoms with van der Waals surface area (Å²) in [6.07, 6.45) is 3.27. The minimum Gasteiger partial charge on any atom is -0.455 e. The maximum Gasteiger partial charge on any atom is 0.276 e. The van der Waals surface area contributed by atoms with Gasteiger partial charge in [0.2, 0.25) is 0 Å². The van der Waals surface area contributed by atoms with E-state index in [0.717, 1.165) is 17.8 Å². The van der Waals surface area contributed by atoms with Crippen LogP contribution >= 0.6 is 0 Å². The molecule has 6 nitrogen and oxygen atoms in total. The van der Waals surface area contributed by atoms with Crippen molar-refractivity contribution in [2.45, 2.75) is 20.8 Å². The van der Waals surface area contributed by atoms with Gasteiger partial charge in [0, 0.05) is 18.2 Å². The summed E-state index contributed by atoms with van der Waals surface area (Å²) in [6.45, 7) is 6.33. The van der Waals surface area contributed by atoms with Crippen LogP contribution in [0.25, 0.3) is 0 Å². The van der Waals surface area contributed by atoms with Gasteiger partial charge in [-0.2, -0.15) is 0 Å². The predicted octanol–water partition coefficient (Wildman–Crippen LogP) is 3.83. The molecule has 0 radical (unpaired) electrons. The van der Waals surface area contributed by atoms with E-state index in [-0.39, 0.29) is 5.69 Å². The molecule has 0 aliphatic heterocycles. The molecule has 21 heavy (non-hydrogen) atoms. The van der Waals surface area contributed by atoms with Crippen molar-refractivity contribution in [2.24, 2.45) is 0 Å². The molecule has 0 atom stereocenters. The summed E-state index contributed by atoms with van der Waals surface area (Å²) < 4.78 is 5.74. The molecule has 6 heteroatoms. The van der Waals surface area contributed by atoms with Crippen molar-refractivity contribution >= 4 is 11.4 Å². The van der Waals surface area contributed by atoms with Gasteiger partial charge in [0.1, 0.15) is 11.5 Å². The fraction of sp³-hybridized carbons (Fsp3) is 0.267. The summed E-state index contributed by atoms with van der Waals surface area (Å²) in [6, 6.07) is 5.00. The van der Waals surface area contributed by atoms with Gasteiger partial charge in [0.15, 0.2) is 0 Å². The standard InChI is InChI=1S/C15H17N3O3/c1-4-17-12-6-13(9-16-8-12)21-15-7-14(18(19)20)10(2)5-11(15)3/h5-9,17H,4H2,1-3H3. The van der Waals surface area contributed by atoms with E-state index >= 15 is 0 Å². The van der Waals surface area contributed by atoms with Crippen LogP contribution < -0.4 is 10.1 Å². The van der Waals surface area contributed by atoms with Gasteiger partial charge in [-0.05, 0) is 32.4 Å². The van der Waals surface area contributed by atoms with Gasteiger partial charge in [-0.3, -0.25) is 15.1 Å². The second-order valence-electron chi connectivity index (χ2n) is 4.70. The third-order valence-corrected chi connectivity index (χ3v) is 3.01. The third-order valence-electron chi connectivity index (χ3n) is 3.01. The van der Waals surface area contributed by atoms with Crippen LogP contribution in [-0.2, 0) is 0 Å². The molecule has 110 valence electrons. The first-order valence-electron chi connectivity index (χ1n) is 6.63. The van der Waals surface area contributed by atoms with Crippen molar-refractivity contribution in [3.05, 3.63) is 51.8 Å². The van der Waals surface area contributed by atoms with Crippen LogP contribution in [0.4, 0.5) is 11.4 Å². The molecule has 1 heterocycles. The summed E-state index contributed by atoms with van der Waals surface area (Å²) in [5.41, 5.74) is 2.34. The number of aryl methyl sites for hydroxylation is 2. The van der Waals surface area contributed by atoms with E-state index in [1.165, 1.54) is 6.07 Å². The lowest BCUT2D eigenvalue weighted by molar-refractivity contribution is -0.385. The van der Waals surface area contributed by atoms with Crippen LogP contribution in [-0.4, -0.2) is 16.5 Å². The Hall–Kier alpha value is -2.63. The molecule has 0 aliphatic carbocycles. The summed E-state index contributed by atoms with van der Waals surface area (Å²) >= 11 is 0. The summed E-state index contributed by atoms with van der Waals surface area (Å²) in [5, 5.41) is 14.1. The summed E-state index contributed by atoms with van der Waals surface area (Å²) in [4.78, 5) is 14.7. The quantitative estimate of drug-likeness (QED) is 0.668. The fourth-order valence-corrected chi connectivity index (χ4v) is 2.03. The highest BCUT2D eigenvalue weighted by Crippen LogP contribution is 2.31. The van der Waals surface area contributed by atoms with Crippen LogP contribution in [0.2, 0.25) is 0 Å². The summed E-state index contributed by atoms with van der Waals surface area (Å²) in [5.74, 6) is 0.998. The Morgan fingerprint density at radius 3 is 2.67 bits per heavy atom. The molecule has 1 aromatic carbocycles. The number of nitro groups is 1. The zero-order valence-electron chi connectivity index (χ0n) is 12.2. The van der Waals surface area contributed by atoms with Gasteiger partial charge in [-0.25, -0.2) is 0 Å². The lowest BCUT2D eigenvalue weighted by Crippen LogP contribution is -1.98. The zero-order valence-corrected chi connectivity index (χ0v) is 12.2. The smallest absolute Gasteiger partial charge is 0.276 e. The van der Waals surface area contributed by atoms with Gasteiger partial charge in [-0.15, -0.1) is 0 Å². The van der Waals surface area contributed by atoms with E-state index in [9.17, 15) is 10.1 Å². The largest absolute Gasteiger partial charge is 0.455 e. The average Bonchev–Trinajstić information content (AvgIpc) is 2.42. The monoisotopic (exact) mass is 287 g/mol. The number of nitrogens with zero attached hydrogens (tertiary/aromatic N) is 2. The maximum absolute atomic E-state index is 11.0. The normalized spacial score (nSPS) is 10.2. The predicted molar refractivity (Wildman–Crippen MR) is 81.0 cm³/mol. The van der Waals surface area contributed by atoms with Crippen LogP contribution in [0.1, 0.15) is 18.1 Å². The zero-order chi connectivity index (χ0) is 15.4. The minimum atomic E-state index is -0.408. The van der Waals surface area contributed by atoms with Gasteiger partial charge in [0.05, 0.1) is 29.1 Å². The number of aromatic nitrogens is 1. The van der Waals surface area contributed by atoms with E-state index in [2.05, 4.69) is 10.3 Å². The fourth-order valence-electron chi connectivity index (χ4n) is 2.03. The van der Waals surface area contributed by atoms with E-state index < -0.39 is 4.92 Å². The second-order valence-corrected chi connectivity index (χ2v) is 4.70. The Morgan fingerprint density at radius 1 is 1.24 bits per heavy atom. The van der Waals surface area contributed by atoms with Crippen molar-refractivity contribution in [3.63, 3.8) is 0 Å². The number of rotatable bonds is 5. The number of hydrogen-bond donors (Lipinski definition) is 1. The number of nitro benzene ring substituents is 1. The molecule has 0 saturated heterocycles. The molecular weight excluding hydrogens is 270 g/mol. The molecule has 1 aromatic heterocycles. The van der Waals surface area contributed by atoms with Crippen LogP contribution in [0.15, 0.2) is 30.6 Å². The average molecular weight is 287 g/mol. The van der Waals surface area contributed by atoms with Gasteiger partial charge >= 0.3 is 0 Å². The Labute approximate surface area is 122 Å². The van der Waals surface area contributed by atoms with Crippen LogP contribution in [0, 0.1) is 24.0 Å². The van der Waals surface area contributed by atoms with Crippen molar-refractivity contribution in [1.29, 1.82) is 0 Å². The second kappa shape index (κ2) is 6.21. The molecule has 1 N–H and O–H groups in total. The molecule has 0 aliphatic rings. The first-order chi connectivity index (χ1) is 10.0. The Kier molecular flexibility index (Phi) is 4.37. The molecule has 0 saturated carbocycles. The van der Waals surface area contributed by atoms with E-state index in [1.54, 1.807) is 25.4 Å². The molecule has 0 unspecified atom stereocenters. The molecule has 0 bridgehead atoms. The molecule has 0 amide bonds. The Morgan fingerprint density at radius 2 is 2.00 bits per heavy atom. The highest BCUT2D eigenvalue weighted by atomic mass is 16.6. The SMILES string of the molecule is CCNc1cncc(Oc2cc([N+](=O)[O-])c(C)cc2C)c1. The minimum absolute atomic E-state index is 0.0476. The van der Waals surface area contributed by atoms with Crippen molar-refractivity contribution in [3.8, 4) is 11.5 Å². The van der Waals surface area contributed by atoms with Crippen molar-refractivity contribution in [1.82, 2.24) is 4.98 Å². The van der Waals surface area contributed by atoms with Gasteiger partial charge in [0.25, 0.3) is 5.69 Å². The topological polar surface area (TPSA) is 77.3 Å². The molecule has 0 fully saturated rings. The number of pyridine rings is 1. The molecule has 0 spiro atoms. The molecule has 2 aromatic rings. The lowest BCUT2D eigenvalue weighted by Gasteiger charge is -2.11.